The summed E-state index contributed by atoms with van der Waals surface area (Å²) in [7, 11) is 0. The second-order valence-corrected chi connectivity index (χ2v) is 3.64. The summed E-state index contributed by atoms with van der Waals surface area (Å²) in [6, 6.07) is 1.67. The van der Waals surface area contributed by atoms with E-state index < -0.39 is 11.7 Å². The maximum absolute atomic E-state index is 11.4. The summed E-state index contributed by atoms with van der Waals surface area (Å²) < 4.78 is 6.40. The molecule has 0 spiro atoms. The molecular weight excluding hydrogens is 168 g/mol. The van der Waals surface area contributed by atoms with E-state index in [9.17, 15) is 4.79 Å². The molecule has 4 nitrogen and oxygen atoms in total. The number of aromatic nitrogens is 2. The van der Waals surface area contributed by atoms with E-state index >= 15 is 0 Å². The van der Waals surface area contributed by atoms with Gasteiger partial charge in [-0.15, -0.1) is 4.57 Å². The molecule has 0 aromatic carbocycles. The van der Waals surface area contributed by atoms with Gasteiger partial charge in [0.05, 0.1) is 0 Å². The van der Waals surface area contributed by atoms with E-state index in [1.165, 1.54) is 10.9 Å². The largest absolute Gasteiger partial charge is 0.512 e. The zero-order chi connectivity index (χ0) is 9.90. The van der Waals surface area contributed by atoms with Crippen molar-refractivity contribution in [3.8, 4) is 0 Å². The molecule has 1 rings (SSSR count). The average Bonchev–Trinajstić information content (AvgIpc) is 2.03. The first-order valence-corrected chi connectivity index (χ1v) is 4.04. The molecular formula is C9H13N2O2+. The summed E-state index contributed by atoms with van der Waals surface area (Å²) >= 11 is 0. The summed E-state index contributed by atoms with van der Waals surface area (Å²) in [5, 5.41) is 0. The molecule has 1 heterocycles. The first-order chi connectivity index (χ1) is 5.99. The lowest BCUT2D eigenvalue weighted by Gasteiger charge is -2.16. The average molecular weight is 181 g/mol. The molecule has 0 radical (unpaired) electrons. The highest BCUT2D eigenvalue weighted by Gasteiger charge is 2.20. The van der Waals surface area contributed by atoms with Crippen LogP contribution in [0.25, 0.3) is 0 Å². The third-order valence-corrected chi connectivity index (χ3v) is 1.21. The summed E-state index contributed by atoms with van der Waals surface area (Å²) in [5.74, 6) is 0. The predicted molar refractivity (Wildman–Crippen MR) is 46.1 cm³/mol. The number of rotatable bonds is 0. The van der Waals surface area contributed by atoms with Crippen molar-refractivity contribution in [1.29, 1.82) is 0 Å². The lowest BCUT2D eigenvalue weighted by Crippen LogP contribution is -2.46. The van der Waals surface area contributed by atoms with Gasteiger partial charge in [-0.1, -0.05) is 4.98 Å². The number of hydrogen-bond acceptors (Lipinski definition) is 3. The molecule has 1 aromatic heterocycles. The fourth-order valence-corrected chi connectivity index (χ4v) is 0.752. The van der Waals surface area contributed by atoms with Crippen molar-refractivity contribution in [2.24, 2.45) is 0 Å². The van der Waals surface area contributed by atoms with Crippen molar-refractivity contribution in [2.45, 2.75) is 26.4 Å². The van der Waals surface area contributed by atoms with Crippen LogP contribution in [0.1, 0.15) is 20.8 Å². The lowest BCUT2D eigenvalue weighted by molar-refractivity contribution is -0.591. The molecule has 0 aliphatic heterocycles. The molecule has 0 bridgehead atoms. The third-order valence-electron chi connectivity index (χ3n) is 1.21. The smallest absolute Gasteiger partial charge is 0.425 e. The van der Waals surface area contributed by atoms with Gasteiger partial charge in [0, 0.05) is 6.07 Å². The van der Waals surface area contributed by atoms with Gasteiger partial charge < -0.3 is 4.74 Å². The van der Waals surface area contributed by atoms with E-state index in [-0.39, 0.29) is 0 Å². The Labute approximate surface area is 77.2 Å². The van der Waals surface area contributed by atoms with Gasteiger partial charge in [-0.3, -0.25) is 0 Å². The Morgan fingerprint density at radius 3 is 2.62 bits per heavy atom. The van der Waals surface area contributed by atoms with Gasteiger partial charge in [-0.2, -0.15) is 4.79 Å². The van der Waals surface area contributed by atoms with Crippen molar-refractivity contribution in [3.63, 3.8) is 0 Å². The molecule has 13 heavy (non-hydrogen) atoms. The number of carbonyl (C=O) groups is 1. The molecule has 1 aromatic rings. The van der Waals surface area contributed by atoms with Gasteiger partial charge in [-0.25, -0.2) is 0 Å². The standard InChI is InChI=1S/C9H13N2O2/c1-9(2,3)13-8(12)11-6-4-5-10-7-11/h4-7H,1-3H3/q+1. The highest BCUT2D eigenvalue weighted by Crippen LogP contribution is 2.05. The zero-order valence-electron chi connectivity index (χ0n) is 8.02. The van der Waals surface area contributed by atoms with Crippen molar-refractivity contribution in [2.75, 3.05) is 0 Å². The molecule has 0 aliphatic rings. The number of carbonyl (C=O) groups excluding carboxylic acids is 1. The monoisotopic (exact) mass is 181 g/mol. The summed E-state index contributed by atoms with van der Waals surface area (Å²) in [6.45, 7) is 5.46. The maximum atomic E-state index is 11.4. The maximum Gasteiger partial charge on any atom is 0.512 e. The molecule has 0 saturated heterocycles. The van der Waals surface area contributed by atoms with Gasteiger partial charge in [0.15, 0.2) is 0 Å². The fourth-order valence-electron chi connectivity index (χ4n) is 0.752. The molecule has 0 saturated carbocycles. The van der Waals surface area contributed by atoms with Gasteiger partial charge in [0.1, 0.15) is 18.0 Å². The Balaban J connectivity index is 2.71. The van der Waals surface area contributed by atoms with Crippen LogP contribution in [-0.2, 0) is 4.74 Å². The van der Waals surface area contributed by atoms with Gasteiger partial charge in [0.25, 0.3) is 6.33 Å². The zero-order valence-corrected chi connectivity index (χ0v) is 8.02. The number of ether oxygens (including phenoxy) is 1. The molecule has 0 fully saturated rings. The minimum atomic E-state index is -0.472. The quantitative estimate of drug-likeness (QED) is 0.564. The van der Waals surface area contributed by atoms with E-state index in [4.69, 9.17) is 4.74 Å². The van der Waals surface area contributed by atoms with Gasteiger partial charge >= 0.3 is 6.09 Å². The first-order valence-electron chi connectivity index (χ1n) is 4.04. The normalized spacial score (nSPS) is 11.0. The van der Waals surface area contributed by atoms with Crippen LogP contribution in [0.2, 0.25) is 0 Å². The number of nitrogens with zero attached hydrogens (tertiary/aromatic N) is 2. The molecule has 70 valence electrons. The van der Waals surface area contributed by atoms with Crippen molar-refractivity contribution >= 4 is 6.09 Å². The number of hydrogen-bond donors (Lipinski definition) is 0. The predicted octanol–water partition coefficient (Wildman–Crippen LogP) is 1.15. The topological polar surface area (TPSA) is 43.1 Å². The second-order valence-electron chi connectivity index (χ2n) is 3.64. The van der Waals surface area contributed by atoms with Crippen molar-refractivity contribution in [3.05, 3.63) is 24.8 Å². The van der Waals surface area contributed by atoms with E-state index in [1.807, 2.05) is 20.8 Å². The van der Waals surface area contributed by atoms with Crippen molar-refractivity contribution < 1.29 is 14.1 Å². The summed E-state index contributed by atoms with van der Waals surface area (Å²) in [4.78, 5) is 15.2. The van der Waals surface area contributed by atoms with Crippen LogP contribution in [0.4, 0.5) is 4.79 Å². The Kier molecular flexibility index (Phi) is 2.60. The minimum Gasteiger partial charge on any atom is -0.425 e. The van der Waals surface area contributed by atoms with E-state index in [0.717, 1.165) is 0 Å². The third kappa shape index (κ3) is 3.19. The SMILES string of the molecule is CC(C)(C)OC(=O)[n+]1cccnc1. The highest BCUT2D eigenvalue weighted by atomic mass is 16.6. The van der Waals surface area contributed by atoms with E-state index in [2.05, 4.69) is 4.98 Å². The van der Waals surface area contributed by atoms with Crippen LogP contribution in [0.15, 0.2) is 24.8 Å². The molecule has 4 heteroatoms. The Bertz CT molecular complexity index is 290. The van der Waals surface area contributed by atoms with Crippen LogP contribution in [0, 0.1) is 0 Å². The van der Waals surface area contributed by atoms with Crippen LogP contribution in [0.3, 0.4) is 0 Å². The fraction of sp³-hybridized carbons (Fsp3) is 0.444. The van der Waals surface area contributed by atoms with Crippen LogP contribution in [-0.4, -0.2) is 16.7 Å². The lowest BCUT2D eigenvalue weighted by atomic mass is 10.2. The van der Waals surface area contributed by atoms with Crippen LogP contribution < -0.4 is 4.57 Å². The van der Waals surface area contributed by atoms with E-state index in [0.29, 0.717) is 0 Å². The summed E-state index contributed by atoms with van der Waals surface area (Å²) in [6.07, 6.45) is 4.19. The molecule has 0 atom stereocenters. The summed E-state index contributed by atoms with van der Waals surface area (Å²) in [5.41, 5.74) is -0.472. The Hall–Kier alpha value is -1.45. The van der Waals surface area contributed by atoms with Crippen molar-refractivity contribution in [1.82, 2.24) is 4.98 Å². The molecule has 0 N–H and O–H groups in total. The molecule has 0 unspecified atom stereocenters. The second kappa shape index (κ2) is 3.51. The first kappa shape index (κ1) is 9.64. The Morgan fingerprint density at radius 2 is 2.15 bits per heavy atom. The van der Waals surface area contributed by atoms with Gasteiger partial charge in [0.2, 0.25) is 0 Å². The molecule has 0 amide bonds. The van der Waals surface area contributed by atoms with Crippen LogP contribution in [0.5, 0.6) is 0 Å². The Morgan fingerprint density at radius 1 is 1.46 bits per heavy atom. The highest BCUT2D eigenvalue weighted by molar-refractivity contribution is 5.57. The molecule has 0 aliphatic carbocycles. The minimum absolute atomic E-state index is 0.416. The van der Waals surface area contributed by atoms with Crippen LogP contribution >= 0.6 is 0 Å². The van der Waals surface area contributed by atoms with Gasteiger partial charge in [-0.05, 0) is 20.8 Å². The van der Waals surface area contributed by atoms with E-state index in [1.54, 1.807) is 18.5 Å².